The number of hydrogen-bond donors (Lipinski definition) is 0. The summed E-state index contributed by atoms with van der Waals surface area (Å²) in [6.45, 7) is 6.38. The van der Waals surface area contributed by atoms with E-state index in [1.165, 1.54) is 5.56 Å². The maximum absolute atomic E-state index is 12.6. The van der Waals surface area contributed by atoms with Gasteiger partial charge in [0.05, 0.1) is 24.2 Å². The number of morpholine rings is 1. The molecule has 1 unspecified atom stereocenters. The number of aromatic nitrogens is 1. The van der Waals surface area contributed by atoms with Gasteiger partial charge in [-0.2, -0.15) is 0 Å². The van der Waals surface area contributed by atoms with E-state index < -0.39 is 0 Å². The van der Waals surface area contributed by atoms with Crippen LogP contribution in [-0.2, 0) is 22.5 Å². The summed E-state index contributed by atoms with van der Waals surface area (Å²) in [5, 5.41) is 0. The Labute approximate surface area is 177 Å². The summed E-state index contributed by atoms with van der Waals surface area (Å²) in [7, 11) is 0. The van der Waals surface area contributed by atoms with Crippen molar-refractivity contribution in [2.45, 2.75) is 44.4 Å². The molecule has 5 nitrogen and oxygen atoms in total. The van der Waals surface area contributed by atoms with Gasteiger partial charge in [0.1, 0.15) is 6.10 Å². The molecule has 0 N–H and O–H groups in total. The van der Waals surface area contributed by atoms with Gasteiger partial charge in [-0.1, -0.05) is 30.3 Å². The zero-order valence-electron chi connectivity index (χ0n) is 16.3. The first-order valence-electron chi connectivity index (χ1n) is 9.74. The first kappa shape index (κ1) is 21.2. The van der Waals surface area contributed by atoms with E-state index in [9.17, 15) is 4.79 Å². The van der Waals surface area contributed by atoms with Gasteiger partial charge in [-0.3, -0.25) is 9.78 Å². The van der Waals surface area contributed by atoms with Gasteiger partial charge >= 0.3 is 0 Å². The van der Waals surface area contributed by atoms with Crippen molar-refractivity contribution in [2.24, 2.45) is 0 Å². The Balaban J connectivity index is 0.00000225. The normalized spacial score (nSPS) is 22.2. The number of benzene rings is 1. The van der Waals surface area contributed by atoms with Crippen molar-refractivity contribution in [1.29, 1.82) is 0 Å². The highest BCUT2D eigenvalue weighted by Crippen LogP contribution is 2.33. The zero-order valence-corrected chi connectivity index (χ0v) is 17.9. The van der Waals surface area contributed by atoms with E-state index in [2.05, 4.69) is 40.2 Å². The fourth-order valence-corrected chi connectivity index (χ4v) is 4.79. The van der Waals surface area contributed by atoms with Crippen molar-refractivity contribution in [1.82, 2.24) is 14.8 Å². The summed E-state index contributed by atoms with van der Waals surface area (Å²) in [6.07, 6.45) is 4.55. The second-order valence-corrected chi connectivity index (χ2v) is 8.65. The van der Waals surface area contributed by atoms with Gasteiger partial charge in [0.2, 0.25) is 0 Å². The van der Waals surface area contributed by atoms with Gasteiger partial charge in [-0.15, -0.1) is 23.7 Å². The van der Waals surface area contributed by atoms with Gasteiger partial charge in [0.25, 0.3) is 5.91 Å². The molecule has 3 heterocycles. The summed E-state index contributed by atoms with van der Waals surface area (Å²) in [5.41, 5.74) is 3.02. The number of halogens is 1. The number of ether oxygens (including phenoxy) is 1. The van der Waals surface area contributed by atoms with Crippen LogP contribution in [0, 0.1) is 0 Å². The number of hydrogen-bond acceptors (Lipinski definition) is 5. The van der Waals surface area contributed by atoms with Crippen molar-refractivity contribution in [2.75, 3.05) is 26.2 Å². The molecule has 1 amide bonds. The molecule has 1 spiro atoms. The Morgan fingerprint density at radius 2 is 2.00 bits per heavy atom. The number of nitrogens with zero attached hydrogens (tertiary/aromatic N) is 3. The monoisotopic (exact) mass is 421 g/mol. The molecule has 1 aromatic heterocycles. The molecule has 0 aliphatic carbocycles. The largest absolute Gasteiger partial charge is 0.360 e. The number of likely N-dealkylation sites (tertiary alicyclic amines) is 1. The van der Waals surface area contributed by atoms with Crippen LogP contribution in [0.15, 0.2) is 42.0 Å². The minimum Gasteiger partial charge on any atom is -0.360 e. The van der Waals surface area contributed by atoms with Crippen LogP contribution in [0.2, 0.25) is 0 Å². The highest BCUT2D eigenvalue weighted by Gasteiger charge is 2.45. The maximum atomic E-state index is 12.6. The molecule has 2 aliphatic rings. The van der Waals surface area contributed by atoms with Crippen molar-refractivity contribution in [3.05, 3.63) is 52.5 Å². The highest BCUT2D eigenvalue weighted by molar-refractivity contribution is 7.09. The van der Waals surface area contributed by atoms with Crippen LogP contribution in [0.3, 0.4) is 0 Å². The van der Waals surface area contributed by atoms with E-state index in [-0.39, 0.29) is 30.0 Å². The molecule has 0 radical (unpaired) electrons. The standard InChI is InChI=1S/C21H27N3O2S.ClH/c1-17-20(25)24(14-19-13-22-16-27-19)15-21(26-17)8-11-23(12-9-21)10-7-18-5-3-2-4-6-18;/h2-6,13,16-17H,7-12,14-15H2,1H3;1H. The predicted molar refractivity (Wildman–Crippen MR) is 114 cm³/mol. The molecule has 2 aliphatic heterocycles. The van der Waals surface area contributed by atoms with E-state index in [4.69, 9.17) is 4.74 Å². The number of carbonyl (C=O) groups excluding carboxylic acids is 1. The predicted octanol–water partition coefficient (Wildman–Crippen LogP) is 3.39. The quantitative estimate of drug-likeness (QED) is 0.742. The molecule has 0 bridgehead atoms. The molecule has 2 saturated heterocycles. The van der Waals surface area contributed by atoms with Crippen LogP contribution in [0.5, 0.6) is 0 Å². The Morgan fingerprint density at radius 1 is 1.25 bits per heavy atom. The van der Waals surface area contributed by atoms with Gasteiger partial charge in [0, 0.05) is 30.7 Å². The minimum absolute atomic E-state index is 0. The molecule has 1 aromatic carbocycles. The minimum atomic E-state index is -0.359. The van der Waals surface area contributed by atoms with Crippen LogP contribution in [0.25, 0.3) is 0 Å². The first-order chi connectivity index (χ1) is 13.1. The molecule has 0 saturated carbocycles. The number of piperidine rings is 1. The Bertz CT molecular complexity index is 748. The third kappa shape index (κ3) is 4.92. The second kappa shape index (κ2) is 9.35. The summed E-state index contributed by atoms with van der Waals surface area (Å²) < 4.78 is 6.26. The van der Waals surface area contributed by atoms with Crippen LogP contribution in [0.1, 0.15) is 30.2 Å². The third-order valence-corrected chi connectivity index (χ3v) is 6.49. The summed E-state index contributed by atoms with van der Waals surface area (Å²) >= 11 is 1.61. The van der Waals surface area contributed by atoms with Crippen LogP contribution >= 0.6 is 23.7 Å². The van der Waals surface area contributed by atoms with Gasteiger partial charge in [-0.25, -0.2) is 0 Å². The van der Waals surface area contributed by atoms with E-state index in [0.717, 1.165) is 43.8 Å². The van der Waals surface area contributed by atoms with E-state index >= 15 is 0 Å². The van der Waals surface area contributed by atoms with Crippen molar-refractivity contribution in [3.63, 3.8) is 0 Å². The average molecular weight is 422 g/mol. The van der Waals surface area contributed by atoms with Crippen molar-refractivity contribution >= 4 is 29.7 Å². The Hall–Kier alpha value is -1.47. The molecule has 2 aromatic rings. The van der Waals surface area contributed by atoms with Crippen LogP contribution < -0.4 is 0 Å². The van der Waals surface area contributed by atoms with E-state index in [1.54, 1.807) is 11.3 Å². The molecule has 4 rings (SSSR count). The lowest BCUT2D eigenvalue weighted by molar-refractivity contribution is -0.190. The third-order valence-electron chi connectivity index (χ3n) is 5.72. The number of amides is 1. The second-order valence-electron chi connectivity index (χ2n) is 7.68. The lowest BCUT2D eigenvalue weighted by Gasteiger charge is -2.49. The summed E-state index contributed by atoms with van der Waals surface area (Å²) in [6, 6.07) is 10.7. The Kier molecular flexibility index (Phi) is 7.10. The molecule has 7 heteroatoms. The van der Waals surface area contributed by atoms with Gasteiger partial charge in [-0.05, 0) is 31.7 Å². The molecule has 2 fully saturated rings. The molecule has 152 valence electrons. The average Bonchev–Trinajstić information content (AvgIpc) is 3.19. The van der Waals surface area contributed by atoms with Crippen LogP contribution in [-0.4, -0.2) is 58.6 Å². The van der Waals surface area contributed by atoms with Crippen molar-refractivity contribution < 1.29 is 9.53 Å². The zero-order chi connectivity index (χ0) is 18.7. The molecule has 1 atom stereocenters. The molecular weight excluding hydrogens is 394 g/mol. The number of carbonyl (C=O) groups is 1. The first-order valence-corrected chi connectivity index (χ1v) is 10.6. The summed E-state index contributed by atoms with van der Waals surface area (Å²) in [4.78, 5) is 22.3. The topological polar surface area (TPSA) is 45.7 Å². The number of rotatable bonds is 5. The van der Waals surface area contributed by atoms with E-state index in [1.807, 2.05) is 23.5 Å². The molecular formula is C21H28ClN3O2S. The SMILES string of the molecule is CC1OC2(CCN(CCc3ccccc3)CC2)CN(Cc2cncs2)C1=O.Cl. The highest BCUT2D eigenvalue weighted by atomic mass is 35.5. The molecule has 28 heavy (non-hydrogen) atoms. The van der Waals surface area contributed by atoms with Crippen LogP contribution in [0.4, 0.5) is 0 Å². The maximum Gasteiger partial charge on any atom is 0.251 e. The van der Waals surface area contributed by atoms with Gasteiger partial charge < -0.3 is 14.5 Å². The number of thiazole rings is 1. The fraction of sp³-hybridized carbons (Fsp3) is 0.524. The van der Waals surface area contributed by atoms with Crippen molar-refractivity contribution in [3.8, 4) is 0 Å². The smallest absolute Gasteiger partial charge is 0.251 e. The lowest BCUT2D eigenvalue weighted by Crippen LogP contribution is -2.61. The van der Waals surface area contributed by atoms with Gasteiger partial charge in [0.15, 0.2) is 0 Å². The summed E-state index contributed by atoms with van der Waals surface area (Å²) in [5.74, 6) is 0.0977. The fourth-order valence-electron chi connectivity index (χ4n) is 4.18. The van der Waals surface area contributed by atoms with E-state index in [0.29, 0.717) is 13.1 Å². The Morgan fingerprint density at radius 3 is 2.68 bits per heavy atom. The lowest BCUT2D eigenvalue weighted by atomic mass is 9.88.